The first-order chi connectivity index (χ1) is 11.9. The van der Waals surface area contributed by atoms with Crippen LogP contribution >= 0.6 is 31.9 Å². The molecule has 0 radical (unpaired) electrons. The van der Waals surface area contributed by atoms with Crippen molar-refractivity contribution < 1.29 is 19.4 Å². The van der Waals surface area contributed by atoms with Gasteiger partial charge in [0.2, 0.25) is 0 Å². The molecule has 0 aliphatic rings. The molecule has 2 aromatic carbocycles. The molecule has 6 heteroatoms. The minimum absolute atomic E-state index is 0.467. The fraction of sp³-hybridized carbons (Fsp3) is 0.211. The molecule has 0 aliphatic carbocycles. The van der Waals surface area contributed by atoms with Crippen LogP contribution in [0.4, 0.5) is 0 Å². The van der Waals surface area contributed by atoms with Gasteiger partial charge in [0.25, 0.3) is 0 Å². The average Bonchev–Trinajstić information content (AvgIpc) is 2.62. The molecule has 2 rings (SSSR count). The number of aliphatic carboxylic acids is 1. The van der Waals surface area contributed by atoms with Crippen molar-refractivity contribution >= 4 is 43.9 Å². The summed E-state index contributed by atoms with van der Waals surface area (Å²) in [5.41, 5.74) is 1.91. The minimum Gasteiger partial charge on any atom is -0.497 e. The van der Waals surface area contributed by atoms with E-state index >= 15 is 0 Å². The maximum absolute atomic E-state index is 10.6. The second-order valence-electron chi connectivity index (χ2n) is 5.04. The molecule has 0 aliphatic heterocycles. The van der Waals surface area contributed by atoms with Crippen molar-refractivity contribution in [2.45, 2.75) is 12.8 Å². The van der Waals surface area contributed by atoms with Gasteiger partial charge >= 0.3 is 5.97 Å². The lowest BCUT2D eigenvalue weighted by atomic mass is 10.0. The lowest BCUT2D eigenvalue weighted by Crippen LogP contribution is -2.06. The van der Waals surface area contributed by atoms with Gasteiger partial charge in [0.1, 0.15) is 11.5 Å². The number of ether oxygens (including phenoxy) is 2. The SMILES string of the molecule is COc1ccc(C(C)C(=O)O)cc1.COc1ccc(C=C(Br)Br)cc1. The Morgan fingerprint density at radius 2 is 1.40 bits per heavy atom. The maximum Gasteiger partial charge on any atom is 0.310 e. The third-order valence-electron chi connectivity index (χ3n) is 3.38. The number of hydrogen-bond acceptors (Lipinski definition) is 3. The van der Waals surface area contributed by atoms with E-state index in [1.54, 1.807) is 45.4 Å². The molecule has 0 bridgehead atoms. The van der Waals surface area contributed by atoms with Crippen LogP contribution in [0.1, 0.15) is 24.0 Å². The van der Waals surface area contributed by atoms with E-state index in [-0.39, 0.29) is 0 Å². The summed E-state index contributed by atoms with van der Waals surface area (Å²) in [4.78, 5) is 10.6. The Hall–Kier alpha value is -1.79. The van der Waals surface area contributed by atoms with Crippen LogP contribution in [0, 0.1) is 0 Å². The molecule has 1 atom stereocenters. The highest BCUT2D eigenvalue weighted by molar-refractivity contribution is 9.28. The third-order valence-corrected chi connectivity index (χ3v) is 3.84. The molecular formula is C19H20Br2O4. The lowest BCUT2D eigenvalue weighted by molar-refractivity contribution is -0.138. The van der Waals surface area contributed by atoms with E-state index in [2.05, 4.69) is 31.9 Å². The molecule has 2 aromatic rings. The van der Waals surface area contributed by atoms with Gasteiger partial charge < -0.3 is 14.6 Å². The van der Waals surface area contributed by atoms with E-state index in [9.17, 15) is 4.79 Å². The quantitative estimate of drug-likeness (QED) is 0.610. The second kappa shape index (κ2) is 10.9. The zero-order chi connectivity index (χ0) is 18.8. The number of halogens is 2. The summed E-state index contributed by atoms with van der Waals surface area (Å²) in [6.07, 6.45) is 1.97. The fourth-order valence-corrected chi connectivity index (χ4v) is 2.39. The number of carbonyl (C=O) groups is 1. The summed E-state index contributed by atoms with van der Waals surface area (Å²) in [6, 6.07) is 14.9. The Balaban J connectivity index is 0.000000251. The van der Waals surface area contributed by atoms with Crippen molar-refractivity contribution in [3.8, 4) is 11.5 Å². The number of carboxylic acids is 1. The molecule has 0 spiro atoms. The van der Waals surface area contributed by atoms with Gasteiger partial charge in [0.15, 0.2) is 0 Å². The van der Waals surface area contributed by atoms with Gasteiger partial charge in [0, 0.05) is 0 Å². The van der Waals surface area contributed by atoms with E-state index in [4.69, 9.17) is 14.6 Å². The van der Waals surface area contributed by atoms with Crippen LogP contribution < -0.4 is 9.47 Å². The fourth-order valence-electron chi connectivity index (χ4n) is 1.86. The van der Waals surface area contributed by atoms with E-state index in [0.717, 1.165) is 26.0 Å². The highest BCUT2D eigenvalue weighted by Gasteiger charge is 2.12. The molecule has 0 amide bonds. The van der Waals surface area contributed by atoms with Crippen molar-refractivity contribution in [3.63, 3.8) is 0 Å². The number of carboxylic acid groups (broad SMARTS) is 1. The van der Waals surface area contributed by atoms with E-state index in [1.807, 2.05) is 30.3 Å². The van der Waals surface area contributed by atoms with E-state index in [1.165, 1.54) is 0 Å². The van der Waals surface area contributed by atoms with E-state index < -0.39 is 11.9 Å². The largest absolute Gasteiger partial charge is 0.497 e. The minimum atomic E-state index is -0.815. The van der Waals surface area contributed by atoms with Crippen LogP contribution in [0.5, 0.6) is 11.5 Å². The predicted molar refractivity (Wildman–Crippen MR) is 108 cm³/mol. The molecule has 0 heterocycles. The Kier molecular flexibility index (Phi) is 9.31. The summed E-state index contributed by atoms with van der Waals surface area (Å²) in [6.45, 7) is 1.66. The topological polar surface area (TPSA) is 55.8 Å². The first-order valence-corrected chi connectivity index (χ1v) is 8.99. The van der Waals surface area contributed by atoms with Crippen molar-refractivity contribution in [2.75, 3.05) is 14.2 Å². The van der Waals surface area contributed by atoms with Gasteiger partial charge in [-0.15, -0.1) is 0 Å². The number of methoxy groups -OCH3 is 2. The summed E-state index contributed by atoms with van der Waals surface area (Å²) < 4.78 is 10.9. The third kappa shape index (κ3) is 7.75. The molecule has 25 heavy (non-hydrogen) atoms. The smallest absolute Gasteiger partial charge is 0.310 e. The van der Waals surface area contributed by atoms with E-state index in [0.29, 0.717) is 0 Å². The van der Waals surface area contributed by atoms with Crippen molar-refractivity contribution in [3.05, 3.63) is 63.0 Å². The second-order valence-corrected chi connectivity index (χ2v) is 7.81. The molecule has 0 fully saturated rings. The van der Waals surface area contributed by atoms with Gasteiger partial charge in [0.05, 0.1) is 23.5 Å². The van der Waals surface area contributed by atoms with Gasteiger partial charge in [-0.05, 0) is 80.3 Å². The molecule has 0 saturated carbocycles. The van der Waals surface area contributed by atoms with Gasteiger partial charge in [-0.3, -0.25) is 4.79 Å². The first-order valence-electron chi connectivity index (χ1n) is 7.41. The predicted octanol–water partition coefficient (Wildman–Crippen LogP) is 5.67. The molecule has 1 unspecified atom stereocenters. The standard InChI is InChI=1S/C10H12O3.C9H8Br2O/c1-7(10(11)12)8-3-5-9(13-2)6-4-8;1-12-8-4-2-7(3-5-8)6-9(10)11/h3-7H,1-2H3,(H,11,12);2-6H,1H3. The van der Waals surface area contributed by atoms with Gasteiger partial charge in [-0.1, -0.05) is 24.3 Å². The summed E-state index contributed by atoms with van der Waals surface area (Å²) in [5, 5.41) is 8.73. The summed E-state index contributed by atoms with van der Waals surface area (Å²) in [7, 11) is 3.24. The number of hydrogen-bond donors (Lipinski definition) is 1. The van der Waals surface area contributed by atoms with Crippen molar-refractivity contribution in [2.24, 2.45) is 0 Å². The maximum atomic E-state index is 10.6. The molecule has 0 saturated heterocycles. The molecular weight excluding hydrogens is 452 g/mol. The first kappa shape index (κ1) is 21.3. The van der Waals surface area contributed by atoms with Crippen molar-refractivity contribution in [1.29, 1.82) is 0 Å². The Morgan fingerprint density at radius 3 is 1.76 bits per heavy atom. The summed E-state index contributed by atoms with van der Waals surface area (Å²) >= 11 is 6.59. The monoisotopic (exact) mass is 470 g/mol. The van der Waals surface area contributed by atoms with Crippen LogP contribution in [0.3, 0.4) is 0 Å². The molecule has 0 aromatic heterocycles. The van der Waals surface area contributed by atoms with Crippen LogP contribution in [0.15, 0.2) is 51.9 Å². The van der Waals surface area contributed by atoms with Gasteiger partial charge in [-0.2, -0.15) is 0 Å². The Morgan fingerprint density at radius 1 is 0.960 bits per heavy atom. The van der Waals surface area contributed by atoms with Crippen LogP contribution in [0.2, 0.25) is 0 Å². The highest BCUT2D eigenvalue weighted by atomic mass is 79.9. The van der Waals surface area contributed by atoms with Crippen LogP contribution in [-0.2, 0) is 4.79 Å². The molecule has 1 N–H and O–H groups in total. The van der Waals surface area contributed by atoms with Gasteiger partial charge in [-0.25, -0.2) is 0 Å². The number of benzene rings is 2. The van der Waals surface area contributed by atoms with Crippen molar-refractivity contribution in [1.82, 2.24) is 0 Å². The zero-order valence-corrected chi connectivity index (χ0v) is 17.4. The molecule has 134 valence electrons. The highest BCUT2D eigenvalue weighted by Crippen LogP contribution is 2.20. The average molecular weight is 472 g/mol. The summed E-state index contributed by atoms with van der Waals surface area (Å²) in [5.74, 6) is 0.329. The van der Waals surface area contributed by atoms with Crippen LogP contribution in [-0.4, -0.2) is 25.3 Å². The molecule has 4 nitrogen and oxygen atoms in total. The Labute approximate surface area is 164 Å². The lowest BCUT2D eigenvalue weighted by Gasteiger charge is -2.06. The van der Waals surface area contributed by atoms with Crippen LogP contribution in [0.25, 0.3) is 6.08 Å². The normalized spacial score (nSPS) is 10.8. The number of rotatable bonds is 5. The zero-order valence-electron chi connectivity index (χ0n) is 14.2. The Bertz CT molecular complexity index is 690.